The first-order valence-electron chi connectivity index (χ1n) is 13.3. The molecule has 4 heterocycles. The molecule has 0 aliphatic carbocycles. The van der Waals surface area contributed by atoms with Crippen molar-refractivity contribution < 1.29 is 46.1 Å². The van der Waals surface area contributed by atoms with Crippen LogP contribution < -0.4 is 33.2 Å². The van der Waals surface area contributed by atoms with Crippen molar-refractivity contribution in [1.29, 1.82) is 0 Å². The van der Waals surface area contributed by atoms with E-state index in [9.17, 15) is 12.9 Å². The molecule has 46 heavy (non-hydrogen) atoms. The van der Waals surface area contributed by atoms with E-state index in [-0.39, 0.29) is 21.7 Å². The standard InChI is InChI=1S/2C15H11NS4.BF3.BrH.FH/c2*16-8-9-5-6-12-13(7-9)20-15(19-12)14-17-10-3-1-2-4-11(10)18-14;2-1(3)4;;/h2*1-7H,8,16H2;;2*1H. The number of quaternary nitrogens is 2. The number of halogens is 5. The van der Waals surface area contributed by atoms with Crippen molar-refractivity contribution in [1.82, 2.24) is 0 Å². The van der Waals surface area contributed by atoms with Gasteiger partial charge in [0.1, 0.15) is 0 Å². The second kappa shape index (κ2) is 17.8. The SMILES string of the molecule is FB(F)F.[Br-].[F-].[NH3+]Cc1ccc2c(c1)SC(=C1Sc3ccccc3S1)S2.[NH3+]Cc1ccc2c(c1)SC(=C1Sc3ccccc3S1)S2. The second-order valence-corrected chi connectivity index (χ2v) is 18.6. The molecule has 0 amide bonds. The molecule has 240 valence electrons. The summed E-state index contributed by atoms with van der Waals surface area (Å²) >= 11 is 15.2. The van der Waals surface area contributed by atoms with E-state index in [1.807, 2.05) is 94.1 Å². The van der Waals surface area contributed by atoms with Gasteiger partial charge in [-0.2, -0.15) is 0 Å². The highest BCUT2D eigenvalue weighted by atomic mass is 79.9. The van der Waals surface area contributed by atoms with E-state index >= 15 is 0 Å². The Kier molecular flexibility index (Phi) is 14.8. The molecule has 4 aromatic carbocycles. The van der Waals surface area contributed by atoms with Gasteiger partial charge in [0, 0.05) is 50.3 Å². The van der Waals surface area contributed by atoms with Crippen LogP contribution in [0.1, 0.15) is 11.1 Å². The maximum atomic E-state index is 9.67. The van der Waals surface area contributed by atoms with E-state index in [2.05, 4.69) is 96.4 Å². The van der Waals surface area contributed by atoms with Crippen molar-refractivity contribution in [3.05, 3.63) is 113 Å². The first-order chi connectivity index (χ1) is 21.4. The Labute approximate surface area is 310 Å². The molecule has 8 rings (SSSR count). The van der Waals surface area contributed by atoms with E-state index in [4.69, 9.17) is 0 Å². The Balaban J connectivity index is 0.000000180. The van der Waals surface area contributed by atoms with Crippen molar-refractivity contribution in [2.24, 2.45) is 0 Å². The fourth-order valence-corrected chi connectivity index (χ4v) is 14.9. The van der Waals surface area contributed by atoms with Crippen LogP contribution in [0.4, 0.5) is 12.9 Å². The molecule has 6 N–H and O–H groups in total. The molecule has 2 nitrogen and oxygen atoms in total. The smallest absolute Gasteiger partial charge is 0.762 e. The Bertz CT molecular complexity index is 1600. The second-order valence-electron chi connectivity index (χ2n) is 9.17. The van der Waals surface area contributed by atoms with Crippen LogP contribution in [0.15, 0.2) is 141 Å². The molecular formula is C30H24BBrF4N2S8. The van der Waals surface area contributed by atoms with Crippen molar-refractivity contribution in [3.63, 3.8) is 0 Å². The number of fused-ring (bicyclic) bond motifs is 4. The van der Waals surface area contributed by atoms with Gasteiger partial charge in [-0.25, -0.2) is 0 Å². The molecule has 0 atom stereocenters. The van der Waals surface area contributed by atoms with E-state index in [1.54, 1.807) is 0 Å². The van der Waals surface area contributed by atoms with E-state index < -0.39 is 7.54 Å². The molecular weight excluding hydrogens is 812 g/mol. The zero-order chi connectivity index (χ0) is 30.6. The largest absolute Gasteiger partial charge is 1.00 e. The summed E-state index contributed by atoms with van der Waals surface area (Å²) in [4.78, 5) is 11.1. The summed E-state index contributed by atoms with van der Waals surface area (Å²) in [5, 5.41) is 0. The van der Waals surface area contributed by atoms with E-state index in [0.29, 0.717) is 0 Å². The summed E-state index contributed by atoms with van der Waals surface area (Å²) < 4.78 is 34.7. The van der Waals surface area contributed by atoms with Gasteiger partial charge in [-0.3, -0.25) is 12.9 Å². The normalized spacial score (nSPS) is 14.9. The van der Waals surface area contributed by atoms with Gasteiger partial charge < -0.3 is 33.2 Å². The molecule has 0 saturated carbocycles. The molecule has 0 spiro atoms. The molecule has 4 aromatic rings. The third-order valence-electron chi connectivity index (χ3n) is 6.25. The molecule has 0 bridgehead atoms. The predicted octanol–water partition coefficient (Wildman–Crippen LogP) is 4.19. The van der Waals surface area contributed by atoms with Gasteiger partial charge in [0.15, 0.2) is 0 Å². The Hall–Kier alpha value is -0.655. The van der Waals surface area contributed by atoms with Crippen LogP contribution in [0.2, 0.25) is 0 Å². The number of thioether (sulfide) groups is 8. The number of hydrogen-bond donors (Lipinski definition) is 2. The lowest BCUT2D eigenvalue weighted by molar-refractivity contribution is -0.386. The third kappa shape index (κ3) is 9.31. The van der Waals surface area contributed by atoms with Gasteiger partial charge in [-0.1, -0.05) is 130 Å². The summed E-state index contributed by atoms with van der Waals surface area (Å²) in [6, 6.07) is 30.7. The topological polar surface area (TPSA) is 55.3 Å². The van der Waals surface area contributed by atoms with E-state index in [1.165, 1.54) is 67.2 Å². The van der Waals surface area contributed by atoms with Crippen LogP contribution in [-0.2, 0) is 13.1 Å². The number of hydrogen-bond acceptors (Lipinski definition) is 8. The maximum absolute atomic E-state index is 9.67. The summed E-state index contributed by atoms with van der Waals surface area (Å²) in [5.41, 5.74) is 10.6. The summed E-state index contributed by atoms with van der Waals surface area (Å²) in [6.45, 7) is 1.72. The zero-order valence-electron chi connectivity index (χ0n) is 23.6. The maximum Gasteiger partial charge on any atom is 0.762 e. The lowest BCUT2D eigenvalue weighted by Gasteiger charge is -1.98. The monoisotopic (exact) mass is 834 g/mol. The molecule has 0 saturated heterocycles. The highest BCUT2D eigenvalue weighted by Crippen LogP contribution is 2.62. The van der Waals surface area contributed by atoms with Crippen LogP contribution in [0.3, 0.4) is 0 Å². The Morgan fingerprint density at radius 1 is 0.435 bits per heavy atom. The Morgan fingerprint density at radius 2 is 0.674 bits per heavy atom. The third-order valence-corrected chi connectivity index (χ3v) is 17.5. The van der Waals surface area contributed by atoms with Gasteiger partial charge in [0.25, 0.3) is 0 Å². The minimum atomic E-state index is -3.67. The first kappa shape index (κ1) is 38.2. The predicted molar refractivity (Wildman–Crippen MR) is 189 cm³/mol. The van der Waals surface area contributed by atoms with E-state index in [0.717, 1.165) is 13.1 Å². The molecule has 0 fully saturated rings. The van der Waals surface area contributed by atoms with Gasteiger partial charge in [0.05, 0.1) is 30.0 Å². The minimum absolute atomic E-state index is 0. The average Bonchev–Trinajstić information content (AvgIpc) is 3.83. The molecule has 4 aliphatic rings. The average molecular weight is 836 g/mol. The van der Waals surface area contributed by atoms with Gasteiger partial charge in [-0.05, 0) is 48.5 Å². The van der Waals surface area contributed by atoms with Crippen LogP contribution in [0, 0.1) is 0 Å². The zero-order valence-corrected chi connectivity index (χ0v) is 31.8. The fraction of sp³-hybridized carbons (Fsp3) is 0.0667. The summed E-state index contributed by atoms with van der Waals surface area (Å²) in [6.07, 6.45) is 0. The molecule has 0 aromatic heterocycles. The minimum Gasteiger partial charge on any atom is -1.00 e. The molecule has 4 aliphatic heterocycles. The van der Waals surface area contributed by atoms with Gasteiger partial charge >= 0.3 is 7.54 Å². The Morgan fingerprint density at radius 3 is 0.935 bits per heavy atom. The molecule has 0 radical (unpaired) electrons. The number of benzene rings is 4. The fourth-order valence-electron chi connectivity index (χ4n) is 4.20. The van der Waals surface area contributed by atoms with Gasteiger partial charge in [0.2, 0.25) is 0 Å². The van der Waals surface area contributed by atoms with Crippen molar-refractivity contribution in [3.8, 4) is 0 Å². The van der Waals surface area contributed by atoms with Crippen LogP contribution >= 0.6 is 94.1 Å². The van der Waals surface area contributed by atoms with Crippen LogP contribution in [0.25, 0.3) is 0 Å². The highest BCUT2D eigenvalue weighted by Gasteiger charge is 2.28. The lowest BCUT2D eigenvalue weighted by Crippen LogP contribution is -3.00. The summed E-state index contributed by atoms with van der Waals surface area (Å²) in [7, 11) is -3.67. The van der Waals surface area contributed by atoms with Crippen molar-refractivity contribution >= 4 is 102 Å². The first-order valence-corrected chi connectivity index (χ1v) is 19.8. The molecule has 16 heteroatoms. The quantitative estimate of drug-likeness (QED) is 0.231. The van der Waals surface area contributed by atoms with Crippen molar-refractivity contribution in [2.45, 2.75) is 52.3 Å². The van der Waals surface area contributed by atoms with Crippen LogP contribution in [0.5, 0.6) is 0 Å². The van der Waals surface area contributed by atoms with Gasteiger partial charge in [-0.15, -0.1) is 0 Å². The number of rotatable bonds is 2. The van der Waals surface area contributed by atoms with Crippen molar-refractivity contribution in [2.75, 3.05) is 0 Å². The molecule has 0 unspecified atom stereocenters. The lowest BCUT2D eigenvalue weighted by atomic mass is 10.2. The highest BCUT2D eigenvalue weighted by molar-refractivity contribution is 8.31. The summed E-state index contributed by atoms with van der Waals surface area (Å²) in [5.74, 6) is 0. The van der Waals surface area contributed by atoms with Crippen LogP contribution in [-0.4, -0.2) is 7.54 Å².